The molecule has 8 saturated heterocycles. The molecule has 12 aromatic rings. The highest BCUT2D eigenvalue weighted by atomic mass is 35.5. The Morgan fingerprint density at radius 1 is 0.361 bits per heavy atom. The third kappa shape index (κ3) is 23.7. The second-order valence-electron chi connectivity index (χ2n) is 39.4. The standard InChI is InChI=1S/2C27H32Cl2N6O3.2C24H27Cl2N7O/c2*1-16(21-8-7-20(28)11-22(21)29)35-27-26(25(32-35)17(2)36)30-12-23(31-27)34-14-19(15-34)18-5-3-9-33(13-18)10-4-6-24(37)38;2*1-15(19-5-4-18(25)9-20(19)26)33-24-23(21(10-27)30-33)28-11-22(29-24)32-13-17(14-32)16-3-2-6-31(12-16)7-8-34/h2*7-8,11-12,16,18-19H,3-6,9-10,13-15H2,1-2H3,(H,37,38);2*4-5,9,11,15-17,34H,2-3,6-8,12-14H2,1H3/t16-,18+;16-,18-;15-,16+;15-,16-/m1111/s1. The molecule has 42 heteroatoms. The average molecular weight is 2120 g/mol. The fourth-order valence-corrected chi connectivity index (χ4v) is 24.0. The van der Waals surface area contributed by atoms with Crippen LogP contribution in [0.2, 0.25) is 40.2 Å². The minimum Gasteiger partial charge on any atom is -0.481 e. The number of ketones is 2. The van der Waals surface area contributed by atoms with Crippen molar-refractivity contribution in [2.24, 2.45) is 47.3 Å². The second kappa shape index (κ2) is 46.8. The number of hydrogen-bond donors (Lipinski definition) is 4. The fraction of sp³-hybridized carbons (Fsp3) is 0.510. The number of carbonyl (C=O) groups is 4. The molecule has 0 bridgehead atoms. The van der Waals surface area contributed by atoms with Crippen molar-refractivity contribution in [3.8, 4) is 12.1 Å². The Morgan fingerprint density at radius 2 is 0.611 bits per heavy atom. The van der Waals surface area contributed by atoms with Crippen LogP contribution in [0.25, 0.3) is 44.7 Å². The summed E-state index contributed by atoms with van der Waals surface area (Å²) in [5.41, 5.74) is 8.65. The van der Waals surface area contributed by atoms with Crippen LogP contribution >= 0.6 is 92.8 Å². The zero-order valence-corrected chi connectivity index (χ0v) is 87.3. The number of aliphatic hydroxyl groups excluding tert-OH is 2. The summed E-state index contributed by atoms with van der Waals surface area (Å²) < 4.78 is 6.91. The molecule has 0 amide bonds. The van der Waals surface area contributed by atoms with Gasteiger partial charge in [0.2, 0.25) is 0 Å². The number of carbonyl (C=O) groups excluding carboxylic acids is 2. The first-order valence-electron chi connectivity index (χ1n) is 49.6. The number of aliphatic hydroxyl groups is 2. The maximum absolute atomic E-state index is 12.3. The molecule has 144 heavy (non-hydrogen) atoms. The van der Waals surface area contributed by atoms with E-state index in [0.717, 1.165) is 189 Å². The molecule has 0 spiro atoms. The first kappa shape index (κ1) is 105. The number of aromatic nitrogens is 16. The average Bonchev–Trinajstić information content (AvgIpc) is 1.61. The molecular weight excluding hydrogens is 2000 g/mol. The van der Waals surface area contributed by atoms with E-state index in [0.29, 0.717) is 156 Å². The highest BCUT2D eigenvalue weighted by molar-refractivity contribution is 6.37. The number of piperidine rings is 4. The van der Waals surface area contributed by atoms with Gasteiger partial charge in [-0.05, 0) is 249 Å². The van der Waals surface area contributed by atoms with E-state index in [1.165, 1.54) is 52.4 Å². The van der Waals surface area contributed by atoms with Crippen LogP contribution in [0.4, 0.5) is 23.3 Å². The van der Waals surface area contributed by atoms with Crippen LogP contribution in [0.3, 0.4) is 0 Å². The topological polar surface area (TPSA) is 397 Å². The van der Waals surface area contributed by atoms with Crippen LogP contribution in [-0.2, 0) is 9.59 Å². The highest BCUT2D eigenvalue weighted by Gasteiger charge is 2.43. The van der Waals surface area contributed by atoms with Gasteiger partial charge in [0.15, 0.2) is 56.9 Å². The summed E-state index contributed by atoms with van der Waals surface area (Å²) >= 11 is 50.2. The number of carboxylic acids is 2. The minimum absolute atomic E-state index is 0.167. The Hall–Kier alpha value is -10.4. The molecule has 20 rings (SSSR count). The highest BCUT2D eigenvalue weighted by Crippen LogP contribution is 2.43. The first-order chi connectivity index (χ1) is 69.4. The van der Waals surface area contributed by atoms with Crippen molar-refractivity contribution in [2.45, 2.75) is 143 Å². The van der Waals surface area contributed by atoms with Crippen molar-refractivity contribution in [3.05, 3.63) is 183 Å². The number of nitriles is 2. The largest absolute Gasteiger partial charge is 0.481 e. The molecule has 8 aliphatic rings. The number of nitrogens with zero attached hydrogens (tertiary/aromatic N) is 26. The van der Waals surface area contributed by atoms with Gasteiger partial charge in [-0.1, -0.05) is 117 Å². The molecule has 4 N–H and O–H groups in total. The number of benzene rings is 4. The Balaban J connectivity index is 0.000000132. The zero-order chi connectivity index (χ0) is 102. The number of Topliss-reactive ketones (excluding diaryl/α,β-unsaturated/α-hetero) is 2. The van der Waals surface area contributed by atoms with Crippen molar-refractivity contribution < 1.29 is 39.6 Å². The van der Waals surface area contributed by atoms with Crippen LogP contribution in [0.15, 0.2) is 97.6 Å². The van der Waals surface area contributed by atoms with Crippen molar-refractivity contribution in [2.75, 3.05) is 164 Å². The van der Waals surface area contributed by atoms with E-state index < -0.39 is 11.9 Å². The van der Waals surface area contributed by atoms with Crippen LogP contribution in [0.5, 0.6) is 0 Å². The molecule has 0 unspecified atom stereocenters. The molecule has 8 fully saturated rings. The van der Waals surface area contributed by atoms with Crippen LogP contribution in [0.1, 0.15) is 197 Å². The van der Waals surface area contributed by atoms with Gasteiger partial charge in [0, 0.05) is 158 Å². The number of fused-ring (bicyclic) bond motifs is 4. The van der Waals surface area contributed by atoms with Crippen LogP contribution < -0.4 is 19.6 Å². The summed E-state index contributed by atoms with van der Waals surface area (Å²) in [6.45, 7) is 30.3. The molecule has 8 atom stereocenters. The van der Waals surface area contributed by atoms with Gasteiger partial charge in [0.25, 0.3) is 0 Å². The van der Waals surface area contributed by atoms with E-state index in [1.807, 2.05) is 52.0 Å². The monoisotopic (exact) mass is 2110 g/mol. The smallest absolute Gasteiger partial charge is 0.303 e. The Kier molecular flexibility index (Phi) is 34.1. The number of anilines is 4. The molecule has 8 aromatic heterocycles. The van der Waals surface area contributed by atoms with E-state index in [9.17, 15) is 39.9 Å². The van der Waals surface area contributed by atoms with Crippen molar-refractivity contribution >= 4 is 184 Å². The van der Waals surface area contributed by atoms with Crippen molar-refractivity contribution in [3.63, 3.8) is 0 Å². The molecule has 4 aromatic carbocycles. The summed E-state index contributed by atoms with van der Waals surface area (Å²) in [5, 5.41) is 78.1. The number of hydrogen-bond acceptors (Lipinski definition) is 28. The summed E-state index contributed by atoms with van der Waals surface area (Å²) in [6, 6.07) is 24.6. The molecule has 16 heterocycles. The summed E-state index contributed by atoms with van der Waals surface area (Å²) in [6.07, 6.45) is 18.4. The van der Waals surface area contributed by atoms with Gasteiger partial charge in [0.05, 0.1) is 62.2 Å². The van der Waals surface area contributed by atoms with Gasteiger partial charge in [-0.2, -0.15) is 30.9 Å². The number of rotatable bonds is 30. The van der Waals surface area contributed by atoms with E-state index in [1.54, 1.807) is 92.0 Å². The number of halogens is 8. The fourth-order valence-electron chi connectivity index (χ4n) is 21.7. The lowest BCUT2D eigenvalue weighted by Crippen LogP contribution is -2.54. The molecule has 760 valence electrons. The molecule has 0 aliphatic carbocycles. The van der Waals surface area contributed by atoms with Gasteiger partial charge in [-0.15, -0.1) is 0 Å². The maximum atomic E-state index is 12.3. The maximum Gasteiger partial charge on any atom is 0.303 e. The summed E-state index contributed by atoms with van der Waals surface area (Å²) in [5.74, 6) is 6.22. The van der Waals surface area contributed by atoms with E-state index in [2.05, 4.69) is 91.7 Å². The molecule has 34 nitrogen and oxygen atoms in total. The van der Waals surface area contributed by atoms with Crippen molar-refractivity contribution in [1.29, 1.82) is 10.5 Å². The van der Waals surface area contributed by atoms with Gasteiger partial charge in [0.1, 0.15) is 57.5 Å². The quantitative estimate of drug-likeness (QED) is 0.0304. The van der Waals surface area contributed by atoms with Gasteiger partial charge >= 0.3 is 11.9 Å². The number of likely N-dealkylation sites (tertiary alicyclic amines) is 4. The number of carboxylic acid groups (broad SMARTS) is 2. The lowest BCUT2D eigenvalue weighted by atomic mass is 9.80. The normalized spacial score (nSPS) is 19.9. The van der Waals surface area contributed by atoms with E-state index in [-0.39, 0.29) is 73.2 Å². The third-order valence-corrected chi connectivity index (χ3v) is 32.1. The Morgan fingerprint density at radius 3 is 0.854 bits per heavy atom. The number of aliphatic carboxylic acids is 2. The van der Waals surface area contributed by atoms with Crippen LogP contribution in [-0.4, -0.2) is 287 Å². The molecule has 0 saturated carbocycles. The van der Waals surface area contributed by atoms with Crippen LogP contribution in [0, 0.1) is 70.0 Å². The lowest BCUT2D eigenvalue weighted by molar-refractivity contribution is -0.138. The minimum atomic E-state index is -0.728. The first-order valence-corrected chi connectivity index (χ1v) is 52.6. The van der Waals surface area contributed by atoms with Crippen molar-refractivity contribution in [1.82, 2.24) is 98.6 Å². The summed E-state index contributed by atoms with van der Waals surface area (Å²) in [7, 11) is 0. The van der Waals surface area contributed by atoms with Gasteiger partial charge < -0.3 is 59.6 Å². The van der Waals surface area contributed by atoms with E-state index in [4.69, 9.17) is 123 Å². The van der Waals surface area contributed by atoms with Gasteiger partial charge in [-0.3, -0.25) is 19.2 Å². The zero-order valence-electron chi connectivity index (χ0n) is 81.3. The SMILES string of the molecule is CC(=O)c1nn([C@H](C)c2ccc(Cl)cc2Cl)c2nc(N3CC([C@@H]4CCCN(CCCC(=O)O)C4)C3)cnc12.CC(=O)c1nn([C@H](C)c2ccc(Cl)cc2Cl)c2nc(N3CC([C@H]4CCCN(CCCC(=O)O)C4)C3)cnc12.C[C@H](c1ccc(Cl)cc1Cl)n1nc(C#N)c2ncc(N3CC([C@@H]4CCCN(CCO)C4)C3)nc21.C[C@H](c1ccc(Cl)cc1Cl)n1nc(C#N)c2ncc(N3CC([C@H]4CCCN(CCO)C4)C3)nc21. The summed E-state index contributed by atoms with van der Waals surface area (Å²) in [4.78, 5) is 103. The lowest BCUT2D eigenvalue weighted by Gasteiger charge is -2.47. The Labute approximate surface area is 875 Å². The number of β-amino-alcohol motifs (C(OH)–C–C–N with tert-alkyl or cyclic N) is 2. The molecule has 8 aliphatic heterocycles. The Bertz CT molecular complexity index is 6370. The predicted molar refractivity (Wildman–Crippen MR) is 559 cm³/mol. The van der Waals surface area contributed by atoms with Gasteiger partial charge in [-0.25, -0.2) is 58.6 Å². The second-order valence-corrected chi connectivity index (χ2v) is 42.8. The predicted octanol–water partition coefficient (Wildman–Crippen LogP) is 17.4. The molecule has 0 radical (unpaired) electrons. The third-order valence-electron chi connectivity index (χ3n) is 29.9. The van der Waals surface area contributed by atoms with E-state index >= 15 is 0 Å². The molecular formula is C102H118Cl8N26O8.